The minimum Gasteiger partial charge on any atom is -0.445 e. The molecule has 0 saturated carbocycles. The monoisotopic (exact) mass is 479 g/mol. The van der Waals surface area contributed by atoms with Gasteiger partial charge in [-0.3, -0.25) is 4.68 Å². The lowest BCUT2D eigenvalue weighted by molar-refractivity contribution is -0.286. The Morgan fingerprint density at radius 2 is 1.86 bits per heavy atom. The molecule has 1 aliphatic heterocycles. The van der Waals surface area contributed by atoms with Gasteiger partial charge in [-0.05, 0) is 60.7 Å². The molecule has 0 amide bonds. The number of aromatic nitrogens is 4. The Kier molecular flexibility index (Phi) is 6.42. The minimum atomic E-state index is -3.63. The predicted octanol–water partition coefficient (Wildman–Crippen LogP) is 5.39. The van der Waals surface area contributed by atoms with Crippen LogP contribution >= 0.6 is 0 Å². The molecule has 1 N–H and O–H groups in total. The van der Waals surface area contributed by atoms with E-state index in [0.717, 1.165) is 37.2 Å². The highest BCUT2D eigenvalue weighted by Crippen LogP contribution is 2.41. The van der Waals surface area contributed by atoms with Crippen LogP contribution in [0.5, 0.6) is 11.5 Å². The summed E-state index contributed by atoms with van der Waals surface area (Å²) in [5.41, 5.74) is 3.68. The van der Waals surface area contributed by atoms with Crippen molar-refractivity contribution in [3.05, 3.63) is 83.8 Å². The molecular formula is C25H23F2N5O3. The summed E-state index contributed by atoms with van der Waals surface area (Å²) in [4.78, 5) is 4.42. The number of rotatable bonds is 10. The fraction of sp³-hybridized carbons (Fsp3) is 0.240. The molecule has 35 heavy (non-hydrogen) atoms. The molecule has 4 aromatic rings. The van der Waals surface area contributed by atoms with Crippen molar-refractivity contribution in [1.29, 1.82) is 0 Å². The van der Waals surface area contributed by atoms with E-state index in [4.69, 9.17) is 4.42 Å². The van der Waals surface area contributed by atoms with Crippen molar-refractivity contribution in [2.45, 2.75) is 38.6 Å². The number of anilines is 1. The molecule has 0 unspecified atom stereocenters. The van der Waals surface area contributed by atoms with Gasteiger partial charge in [0.25, 0.3) is 0 Å². The highest BCUT2D eigenvalue weighted by molar-refractivity contribution is 5.68. The number of fused-ring (bicyclic) bond motifs is 1. The average Bonchev–Trinajstić information content (AvgIpc) is 3.59. The zero-order valence-electron chi connectivity index (χ0n) is 18.7. The van der Waals surface area contributed by atoms with Crippen LogP contribution in [0.1, 0.15) is 35.6 Å². The predicted molar refractivity (Wildman–Crippen MR) is 125 cm³/mol. The summed E-state index contributed by atoms with van der Waals surface area (Å²) in [5.74, 6) is 0.408. The number of halogens is 2. The molecule has 8 nitrogen and oxygen atoms in total. The van der Waals surface area contributed by atoms with Crippen LogP contribution in [0.3, 0.4) is 0 Å². The van der Waals surface area contributed by atoms with E-state index in [1.807, 2.05) is 10.9 Å². The SMILES string of the molecule is FC1(F)Oc2ccc(/C=C/c3nc(CNc4ccc(CCCCn5ccnn5)cc4)co3)cc2O1. The highest BCUT2D eigenvalue weighted by Gasteiger charge is 2.43. The molecular weight excluding hydrogens is 456 g/mol. The first-order valence-corrected chi connectivity index (χ1v) is 11.2. The molecule has 3 heterocycles. The molecule has 2 aromatic carbocycles. The lowest BCUT2D eigenvalue weighted by atomic mass is 10.1. The highest BCUT2D eigenvalue weighted by atomic mass is 19.3. The smallest absolute Gasteiger partial charge is 0.445 e. The molecule has 0 aliphatic carbocycles. The molecule has 0 fully saturated rings. The van der Waals surface area contributed by atoms with Gasteiger partial charge < -0.3 is 19.2 Å². The molecule has 10 heteroatoms. The molecule has 0 atom stereocenters. The molecule has 5 rings (SSSR count). The topological polar surface area (TPSA) is 87.2 Å². The Bertz CT molecular complexity index is 1290. The molecule has 180 valence electrons. The van der Waals surface area contributed by atoms with Crippen molar-refractivity contribution in [2.24, 2.45) is 0 Å². The van der Waals surface area contributed by atoms with E-state index in [1.165, 1.54) is 17.7 Å². The Morgan fingerprint density at radius 3 is 2.69 bits per heavy atom. The Morgan fingerprint density at radius 1 is 1.00 bits per heavy atom. The molecule has 2 aromatic heterocycles. The van der Waals surface area contributed by atoms with Gasteiger partial charge in [0.15, 0.2) is 11.5 Å². The van der Waals surface area contributed by atoms with E-state index < -0.39 is 6.29 Å². The second-order valence-corrected chi connectivity index (χ2v) is 8.06. The van der Waals surface area contributed by atoms with Crippen molar-refractivity contribution in [3.8, 4) is 11.5 Å². The van der Waals surface area contributed by atoms with Gasteiger partial charge in [0.2, 0.25) is 5.89 Å². The Balaban J connectivity index is 1.08. The number of nitrogens with zero attached hydrogens (tertiary/aromatic N) is 4. The van der Waals surface area contributed by atoms with Crippen LogP contribution in [0.2, 0.25) is 0 Å². The van der Waals surface area contributed by atoms with Gasteiger partial charge in [0, 0.05) is 24.5 Å². The molecule has 0 bridgehead atoms. The lowest BCUT2D eigenvalue weighted by Gasteiger charge is -2.06. The number of hydrogen-bond acceptors (Lipinski definition) is 7. The number of benzene rings is 2. The zero-order valence-corrected chi connectivity index (χ0v) is 18.7. The van der Waals surface area contributed by atoms with Gasteiger partial charge in [-0.1, -0.05) is 23.4 Å². The number of unbranched alkanes of at least 4 members (excludes halogenated alkanes) is 1. The lowest BCUT2D eigenvalue weighted by Crippen LogP contribution is -2.25. The fourth-order valence-electron chi connectivity index (χ4n) is 3.65. The van der Waals surface area contributed by atoms with Gasteiger partial charge in [-0.15, -0.1) is 13.9 Å². The van der Waals surface area contributed by atoms with E-state index in [2.05, 4.69) is 54.4 Å². The zero-order chi connectivity index (χ0) is 24.1. The summed E-state index contributed by atoms with van der Waals surface area (Å²) in [6, 6.07) is 12.9. The molecule has 0 spiro atoms. The molecule has 1 aliphatic rings. The van der Waals surface area contributed by atoms with E-state index >= 15 is 0 Å². The second kappa shape index (κ2) is 9.96. The third-order valence-corrected chi connectivity index (χ3v) is 5.42. The number of oxazole rings is 1. The maximum absolute atomic E-state index is 13.1. The van der Waals surface area contributed by atoms with Crippen molar-refractivity contribution < 1.29 is 22.7 Å². The first-order valence-electron chi connectivity index (χ1n) is 11.2. The number of aryl methyl sites for hydroxylation is 2. The third kappa shape index (κ3) is 6.03. The molecule has 0 radical (unpaired) electrons. The summed E-state index contributed by atoms with van der Waals surface area (Å²) in [7, 11) is 0. The van der Waals surface area contributed by atoms with Crippen LogP contribution in [0.4, 0.5) is 14.5 Å². The van der Waals surface area contributed by atoms with Gasteiger partial charge in [-0.2, -0.15) is 0 Å². The Labute approximate surface area is 200 Å². The van der Waals surface area contributed by atoms with Crippen molar-refractivity contribution in [3.63, 3.8) is 0 Å². The van der Waals surface area contributed by atoms with Gasteiger partial charge in [0.1, 0.15) is 6.26 Å². The first-order chi connectivity index (χ1) is 17.0. The van der Waals surface area contributed by atoms with Gasteiger partial charge in [0.05, 0.1) is 18.4 Å². The van der Waals surface area contributed by atoms with Crippen LogP contribution in [-0.4, -0.2) is 26.3 Å². The summed E-state index contributed by atoms with van der Waals surface area (Å²) >= 11 is 0. The van der Waals surface area contributed by atoms with Crippen molar-refractivity contribution >= 4 is 17.8 Å². The quantitative estimate of drug-likeness (QED) is 0.305. The number of nitrogens with one attached hydrogen (secondary N) is 1. The van der Waals surface area contributed by atoms with Gasteiger partial charge in [-0.25, -0.2) is 4.98 Å². The van der Waals surface area contributed by atoms with E-state index in [0.29, 0.717) is 18.0 Å². The van der Waals surface area contributed by atoms with Crippen LogP contribution in [-0.2, 0) is 19.5 Å². The van der Waals surface area contributed by atoms with E-state index in [1.54, 1.807) is 30.7 Å². The minimum absolute atomic E-state index is 0.00718. The van der Waals surface area contributed by atoms with E-state index in [9.17, 15) is 8.78 Å². The number of ether oxygens (including phenoxy) is 2. The summed E-state index contributed by atoms with van der Waals surface area (Å²) in [5, 5.41) is 11.1. The van der Waals surface area contributed by atoms with Gasteiger partial charge >= 0.3 is 6.29 Å². The summed E-state index contributed by atoms with van der Waals surface area (Å²) in [6.07, 6.45) is 8.03. The Hall–Kier alpha value is -4.21. The van der Waals surface area contributed by atoms with Crippen LogP contribution in [0, 0.1) is 0 Å². The van der Waals surface area contributed by atoms with E-state index in [-0.39, 0.29) is 11.5 Å². The maximum Gasteiger partial charge on any atom is 0.586 e. The largest absolute Gasteiger partial charge is 0.586 e. The average molecular weight is 479 g/mol. The molecule has 0 saturated heterocycles. The summed E-state index contributed by atoms with van der Waals surface area (Å²) < 4.78 is 42.5. The standard InChI is InChI=1S/C25H23F2N5O3/c26-25(27)34-22-10-6-19(15-23(22)35-25)7-11-24-30-21(17-33-24)16-28-20-8-4-18(5-9-20)3-1-2-13-32-14-12-29-31-32/h4-12,14-15,17,28H,1-3,13,16H2/b11-7+. The third-order valence-electron chi connectivity index (χ3n) is 5.42. The number of hydrogen-bond donors (Lipinski definition) is 1. The maximum atomic E-state index is 13.1. The van der Waals surface area contributed by atoms with Crippen LogP contribution in [0.25, 0.3) is 12.2 Å². The van der Waals surface area contributed by atoms with Crippen molar-refractivity contribution in [1.82, 2.24) is 20.0 Å². The number of alkyl halides is 2. The summed E-state index contributed by atoms with van der Waals surface area (Å²) in [6.45, 7) is 1.39. The van der Waals surface area contributed by atoms with Crippen LogP contribution < -0.4 is 14.8 Å². The second-order valence-electron chi connectivity index (χ2n) is 8.06. The normalized spacial score (nSPS) is 14.0. The van der Waals surface area contributed by atoms with Crippen LogP contribution in [0.15, 0.2) is 65.5 Å². The fourth-order valence-corrected chi connectivity index (χ4v) is 3.65. The van der Waals surface area contributed by atoms with Crippen molar-refractivity contribution in [2.75, 3.05) is 5.32 Å². The first kappa shape index (κ1) is 22.6.